The van der Waals surface area contributed by atoms with E-state index in [0.29, 0.717) is 6.42 Å². The predicted octanol–water partition coefficient (Wildman–Crippen LogP) is -3.72. The number of aliphatic hydroxyl groups is 1. The fraction of sp³-hybridized carbons (Fsp3) is 0.833. The molecule has 2 unspecified atom stereocenters. The number of aliphatic hydroxyl groups excluding tert-OH is 1. The SMILES string of the molecule is CC(O)NC(CC(=O)O)(C(=O)O)S(=O)(=O)O.CCCCCCCCCCCC(=O)O.[H-].[H-].[Na+].[Na+]. The van der Waals surface area contributed by atoms with Crippen molar-refractivity contribution in [1.29, 1.82) is 0 Å². The van der Waals surface area contributed by atoms with Crippen LogP contribution >= 0.6 is 0 Å². The third-order valence-electron chi connectivity index (χ3n) is 4.12. The molecule has 11 nitrogen and oxygen atoms in total. The molecule has 0 heterocycles. The Hall–Kier alpha value is 0.240. The fourth-order valence-electron chi connectivity index (χ4n) is 2.60. The van der Waals surface area contributed by atoms with Gasteiger partial charge in [0.2, 0.25) is 0 Å². The van der Waals surface area contributed by atoms with E-state index in [1.807, 2.05) is 0 Å². The molecule has 182 valence electrons. The maximum absolute atomic E-state index is 10.9. The van der Waals surface area contributed by atoms with E-state index in [4.69, 9.17) is 25.0 Å². The zero-order valence-electron chi connectivity index (χ0n) is 21.5. The van der Waals surface area contributed by atoms with E-state index in [9.17, 15) is 22.8 Å². The van der Waals surface area contributed by atoms with Crippen molar-refractivity contribution >= 4 is 28.0 Å². The summed E-state index contributed by atoms with van der Waals surface area (Å²) in [6, 6.07) is 0. The molecule has 0 spiro atoms. The Morgan fingerprint density at radius 3 is 1.56 bits per heavy atom. The molecule has 0 rings (SSSR count). The summed E-state index contributed by atoms with van der Waals surface area (Å²) in [5, 5.41) is 36.0. The average molecular weight is 506 g/mol. The average Bonchev–Trinajstić information content (AvgIpc) is 2.58. The van der Waals surface area contributed by atoms with E-state index in [2.05, 4.69) is 6.92 Å². The third-order valence-corrected chi connectivity index (χ3v) is 5.44. The van der Waals surface area contributed by atoms with Crippen molar-refractivity contribution in [2.75, 3.05) is 0 Å². The summed E-state index contributed by atoms with van der Waals surface area (Å²) >= 11 is 0. The van der Waals surface area contributed by atoms with Crippen molar-refractivity contribution in [1.82, 2.24) is 5.32 Å². The van der Waals surface area contributed by atoms with Gasteiger partial charge in [0, 0.05) is 6.42 Å². The molecule has 0 aliphatic rings. The van der Waals surface area contributed by atoms with E-state index in [1.165, 1.54) is 44.9 Å². The summed E-state index contributed by atoms with van der Waals surface area (Å²) in [6.07, 6.45) is 8.40. The van der Waals surface area contributed by atoms with Crippen molar-refractivity contribution in [2.45, 2.75) is 95.6 Å². The first-order chi connectivity index (χ1) is 13.8. The van der Waals surface area contributed by atoms with Crippen LogP contribution in [-0.4, -0.2) is 62.4 Å². The van der Waals surface area contributed by atoms with Gasteiger partial charge in [-0.25, -0.2) is 4.79 Å². The van der Waals surface area contributed by atoms with Crippen LogP contribution in [0.4, 0.5) is 0 Å². The second-order valence-electron chi connectivity index (χ2n) is 6.97. The van der Waals surface area contributed by atoms with Crippen LogP contribution in [0.5, 0.6) is 0 Å². The number of nitrogens with one attached hydrogen (secondary N) is 1. The topological polar surface area (TPSA) is 199 Å². The minimum atomic E-state index is -5.27. The van der Waals surface area contributed by atoms with Gasteiger partial charge in [0.05, 0.1) is 6.42 Å². The smallest absolute Gasteiger partial charge is 1.00 e. The molecule has 0 aromatic rings. The molecule has 0 aromatic carbocycles. The second kappa shape index (κ2) is 21.8. The first-order valence-electron chi connectivity index (χ1n) is 9.90. The molecule has 0 aromatic heterocycles. The van der Waals surface area contributed by atoms with E-state index < -0.39 is 45.5 Å². The Morgan fingerprint density at radius 2 is 1.28 bits per heavy atom. The fourth-order valence-corrected chi connectivity index (χ4v) is 3.45. The number of hydrogen-bond donors (Lipinski definition) is 6. The van der Waals surface area contributed by atoms with Crippen LogP contribution in [0, 0.1) is 0 Å². The van der Waals surface area contributed by atoms with Gasteiger partial charge in [-0.3, -0.25) is 19.5 Å². The Bertz CT molecular complexity index is 642. The van der Waals surface area contributed by atoms with Gasteiger partial charge in [0.15, 0.2) is 0 Å². The molecular formula is C18H37NNa2O10S. The van der Waals surface area contributed by atoms with Gasteiger partial charge in [-0.15, -0.1) is 0 Å². The molecule has 0 aliphatic heterocycles. The summed E-state index contributed by atoms with van der Waals surface area (Å²) in [7, 11) is -5.27. The van der Waals surface area contributed by atoms with E-state index >= 15 is 0 Å². The van der Waals surface area contributed by atoms with Crippen LogP contribution in [0.3, 0.4) is 0 Å². The molecule has 0 bridgehead atoms. The van der Waals surface area contributed by atoms with E-state index in [-0.39, 0.29) is 62.0 Å². The van der Waals surface area contributed by atoms with Crippen LogP contribution in [0.2, 0.25) is 0 Å². The van der Waals surface area contributed by atoms with Gasteiger partial charge in [-0.2, -0.15) is 8.42 Å². The van der Waals surface area contributed by atoms with Crippen LogP contribution in [-0.2, 0) is 24.5 Å². The summed E-state index contributed by atoms with van der Waals surface area (Å²) in [6.45, 7) is 3.20. The van der Waals surface area contributed by atoms with Crippen molar-refractivity contribution in [3.63, 3.8) is 0 Å². The van der Waals surface area contributed by atoms with Crippen molar-refractivity contribution in [2.24, 2.45) is 0 Å². The van der Waals surface area contributed by atoms with Crippen LogP contribution in [0.15, 0.2) is 0 Å². The number of aliphatic carboxylic acids is 3. The summed E-state index contributed by atoms with van der Waals surface area (Å²) in [5.74, 6) is -4.56. The first-order valence-corrected chi connectivity index (χ1v) is 11.3. The monoisotopic (exact) mass is 505 g/mol. The molecule has 0 saturated heterocycles. The zero-order chi connectivity index (χ0) is 23.8. The Morgan fingerprint density at radius 1 is 0.875 bits per heavy atom. The van der Waals surface area contributed by atoms with Gasteiger partial charge in [-0.1, -0.05) is 58.3 Å². The second-order valence-corrected chi connectivity index (χ2v) is 8.62. The van der Waals surface area contributed by atoms with Crippen LogP contribution in [0.1, 0.15) is 87.3 Å². The van der Waals surface area contributed by atoms with Gasteiger partial charge in [0.25, 0.3) is 15.0 Å². The quantitative estimate of drug-likeness (QED) is 0.0522. The molecule has 14 heteroatoms. The Balaban J connectivity index is -0.000000104. The molecule has 32 heavy (non-hydrogen) atoms. The molecular weight excluding hydrogens is 468 g/mol. The molecule has 0 aliphatic carbocycles. The van der Waals surface area contributed by atoms with Crippen LogP contribution in [0.25, 0.3) is 0 Å². The third kappa shape index (κ3) is 19.7. The van der Waals surface area contributed by atoms with Crippen molar-refractivity contribution in [3.05, 3.63) is 0 Å². The summed E-state index contributed by atoms with van der Waals surface area (Å²) < 4.78 is 30.6. The summed E-state index contributed by atoms with van der Waals surface area (Å²) in [4.78, 5) is 28.2. The Kier molecular flexibility index (Phi) is 26.8. The maximum atomic E-state index is 10.9. The van der Waals surface area contributed by atoms with E-state index in [0.717, 1.165) is 19.8 Å². The van der Waals surface area contributed by atoms with Gasteiger partial charge < -0.3 is 23.3 Å². The number of hydrogen-bond acceptors (Lipinski definition) is 7. The molecule has 0 radical (unpaired) electrons. The van der Waals surface area contributed by atoms with E-state index in [1.54, 1.807) is 5.32 Å². The minimum Gasteiger partial charge on any atom is -1.00 e. The number of rotatable bonds is 16. The molecule has 0 amide bonds. The predicted molar refractivity (Wildman–Crippen MR) is 111 cm³/mol. The Labute approximate surface area is 237 Å². The standard InChI is InChI=1S/C12H24O2.C6H11NO8S.2Na.2H/c1-2-3-4-5-6-7-8-9-10-11-12(13)14;1-3(8)7-6(5(11)12,2-4(9)10)16(13,14)15;;;;/h2-11H2,1H3,(H,13,14);3,7-8H,2H2,1H3,(H,9,10)(H,11,12)(H,13,14,15);;;;/q;;2*+1;2*-1. The molecule has 2 atom stereocenters. The normalized spacial score (nSPS) is 13.2. The first kappa shape index (κ1) is 39.5. The van der Waals surface area contributed by atoms with Gasteiger partial charge >= 0.3 is 77.0 Å². The van der Waals surface area contributed by atoms with Gasteiger partial charge in [-0.05, 0) is 13.3 Å². The van der Waals surface area contributed by atoms with Crippen molar-refractivity contribution < 1.29 is 110 Å². The number of unbranched alkanes of at least 4 members (excludes halogenated alkanes) is 8. The maximum Gasteiger partial charge on any atom is 1.00 e. The zero-order valence-corrected chi connectivity index (χ0v) is 24.4. The minimum absolute atomic E-state index is 0. The molecule has 6 N–H and O–H groups in total. The van der Waals surface area contributed by atoms with Crippen LogP contribution < -0.4 is 64.4 Å². The summed E-state index contributed by atoms with van der Waals surface area (Å²) in [5.41, 5.74) is 0. The number of carbonyl (C=O) groups is 3. The molecule has 0 saturated carbocycles. The number of carboxylic acids is 3. The largest absolute Gasteiger partial charge is 1.00 e. The van der Waals surface area contributed by atoms with Gasteiger partial charge in [0.1, 0.15) is 6.23 Å². The number of carboxylic acid groups (broad SMARTS) is 3. The molecule has 0 fully saturated rings. The van der Waals surface area contributed by atoms with Crippen molar-refractivity contribution in [3.8, 4) is 0 Å².